The lowest BCUT2D eigenvalue weighted by Gasteiger charge is -2.45. The number of thioether (sulfide) groups is 2. The average Bonchev–Trinajstić information content (AvgIpc) is 2.94. The smallest absolute Gasteiger partial charge is 0.353 e. The van der Waals surface area contributed by atoms with E-state index >= 15 is 0 Å². The normalized spacial score (nSPS) is 22.6. The number of fused-ring (bicyclic) bond motifs is 1. The zero-order valence-corrected chi connectivity index (χ0v) is 16.5. The second-order valence-corrected chi connectivity index (χ2v) is 8.79. The quantitative estimate of drug-likeness (QED) is 0.537. The highest BCUT2D eigenvalue weighted by atomic mass is 32.2. The molecule has 1 aromatic rings. The molecule has 2 amide bonds. The van der Waals surface area contributed by atoms with Crippen LogP contribution in [0.2, 0.25) is 0 Å². The Morgan fingerprint density at radius 1 is 1.33 bits per heavy atom. The molecule has 0 bridgehead atoms. The van der Waals surface area contributed by atoms with Gasteiger partial charge in [0, 0.05) is 34.6 Å². The fourth-order valence-corrected chi connectivity index (χ4v) is 5.43. The Morgan fingerprint density at radius 3 is 2.67 bits per heavy atom. The van der Waals surface area contributed by atoms with Crippen LogP contribution in [0.1, 0.15) is 20.3 Å². The number of rotatable bonds is 7. The third kappa shape index (κ3) is 4.06. The van der Waals surface area contributed by atoms with Crippen LogP contribution >= 0.6 is 23.5 Å². The topological polar surface area (TPSA) is 86.7 Å². The van der Waals surface area contributed by atoms with Crippen LogP contribution in [0.15, 0.2) is 57.4 Å². The van der Waals surface area contributed by atoms with Crippen molar-refractivity contribution in [3.63, 3.8) is 0 Å². The minimum atomic E-state index is -1.09. The molecular weight excluding hydrogens is 384 g/mol. The van der Waals surface area contributed by atoms with Gasteiger partial charge < -0.3 is 15.3 Å². The van der Waals surface area contributed by atoms with Gasteiger partial charge in [0.15, 0.2) is 0 Å². The molecule has 8 heteroatoms. The Morgan fingerprint density at radius 2 is 2.04 bits per heavy atom. The maximum absolute atomic E-state index is 12.7. The van der Waals surface area contributed by atoms with Crippen LogP contribution in [0.5, 0.6) is 0 Å². The van der Waals surface area contributed by atoms with Crippen LogP contribution < -0.4 is 5.32 Å². The number of benzene rings is 1. The number of nitrogens with zero attached hydrogens (tertiary/aromatic N) is 1. The monoisotopic (exact) mass is 404 g/mol. The predicted octanol–water partition coefficient (Wildman–Crippen LogP) is 3.03. The van der Waals surface area contributed by atoms with E-state index in [1.165, 1.54) is 29.8 Å². The molecule has 142 valence electrons. The van der Waals surface area contributed by atoms with Crippen LogP contribution in [0, 0.1) is 5.92 Å². The maximum Gasteiger partial charge on any atom is 0.353 e. The fraction of sp³-hybridized carbons (Fsp3) is 0.316. The van der Waals surface area contributed by atoms with Crippen molar-refractivity contribution in [1.29, 1.82) is 0 Å². The van der Waals surface area contributed by atoms with Gasteiger partial charge in [-0.05, 0) is 17.5 Å². The SMILES string of the molecule is CC(=O)NC=CSC1=C(C(=O)O)N2C(=O)[C@H]([C@H](C)Sc3ccccc3)[C@H]2C1. The van der Waals surface area contributed by atoms with Gasteiger partial charge in [-0.25, -0.2) is 4.79 Å². The van der Waals surface area contributed by atoms with Gasteiger partial charge in [-0.15, -0.1) is 11.8 Å². The lowest BCUT2D eigenvalue weighted by molar-refractivity contribution is -0.154. The molecule has 0 spiro atoms. The number of carbonyl (C=O) groups is 3. The van der Waals surface area contributed by atoms with Crippen molar-refractivity contribution in [1.82, 2.24) is 10.2 Å². The number of β-lactam (4-membered cyclic amide) rings is 1. The third-order valence-corrected chi connectivity index (χ3v) is 6.63. The van der Waals surface area contributed by atoms with Crippen LogP contribution in [0.3, 0.4) is 0 Å². The van der Waals surface area contributed by atoms with Crippen molar-refractivity contribution in [2.75, 3.05) is 0 Å². The van der Waals surface area contributed by atoms with E-state index in [0.717, 1.165) is 4.90 Å². The van der Waals surface area contributed by atoms with Crippen molar-refractivity contribution in [2.45, 2.75) is 36.5 Å². The third-order valence-electron chi connectivity index (χ3n) is 4.51. The number of hydrogen-bond acceptors (Lipinski definition) is 5. The standard InChI is InChI=1S/C19H20N2O4S2/c1-11(27-13-6-4-3-5-7-13)16-14-10-15(26-9-8-20-12(2)22)17(19(24)25)21(14)18(16)23/h3-9,11,14,16H,10H2,1-2H3,(H,20,22)(H,24,25)/t11-,14+,16+/m0/s1. The highest BCUT2D eigenvalue weighted by Gasteiger charge is 2.56. The van der Waals surface area contributed by atoms with Gasteiger partial charge in [-0.3, -0.25) is 9.59 Å². The number of amides is 2. The summed E-state index contributed by atoms with van der Waals surface area (Å²) >= 11 is 2.87. The van der Waals surface area contributed by atoms with Gasteiger partial charge in [0.2, 0.25) is 11.8 Å². The lowest BCUT2D eigenvalue weighted by Crippen LogP contribution is -2.61. The summed E-state index contributed by atoms with van der Waals surface area (Å²) in [6, 6.07) is 9.76. The van der Waals surface area contributed by atoms with Gasteiger partial charge in [0.25, 0.3) is 0 Å². The molecule has 3 rings (SSSR count). The van der Waals surface area contributed by atoms with Crippen molar-refractivity contribution >= 4 is 41.3 Å². The summed E-state index contributed by atoms with van der Waals surface area (Å²) in [6.45, 7) is 3.41. The summed E-state index contributed by atoms with van der Waals surface area (Å²) in [4.78, 5) is 38.4. The zero-order valence-electron chi connectivity index (χ0n) is 14.9. The predicted molar refractivity (Wildman–Crippen MR) is 106 cm³/mol. The lowest BCUT2D eigenvalue weighted by atomic mass is 9.85. The molecular formula is C19H20N2O4S2. The highest BCUT2D eigenvalue weighted by molar-refractivity contribution is 8.05. The Hall–Kier alpha value is -2.19. The molecule has 0 saturated carbocycles. The first-order valence-electron chi connectivity index (χ1n) is 8.50. The minimum Gasteiger partial charge on any atom is -0.477 e. The molecule has 6 nitrogen and oxygen atoms in total. The van der Waals surface area contributed by atoms with E-state index in [4.69, 9.17) is 0 Å². The van der Waals surface area contributed by atoms with E-state index in [1.54, 1.807) is 17.2 Å². The van der Waals surface area contributed by atoms with Crippen molar-refractivity contribution < 1.29 is 19.5 Å². The summed E-state index contributed by atoms with van der Waals surface area (Å²) < 4.78 is 0. The largest absolute Gasteiger partial charge is 0.477 e. The van der Waals surface area contributed by atoms with Gasteiger partial charge in [-0.2, -0.15) is 0 Å². The molecule has 1 fully saturated rings. The Kier molecular flexibility index (Phi) is 5.96. The number of nitrogens with one attached hydrogen (secondary N) is 1. The second kappa shape index (κ2) is 8.22. The summed E-state index contributed by atoms with van der Waals surface area (Å²) in [5.41, 5.74) is 0.0654. The molecule has 0 aromatic heterocycles. The average molecular weight is 405 g/mol. The summed E-state index contributed by atoms with van der Waals surface area (Å²) in [6.07, 6.45) is 2.00. The number of carbonyl (C=O) groups excluding carboxylic acids is 2. The van der Waals surface area contributed by atoms with E-state index in [2.05, 4.69) is 5.32 Å². The van der Waals surface area contributed by atoms with E-state index in [-0.39, 0.29) is 34.7 Å². The van der Waals surface area contributed by atoms with Crippen LogP contribution in [-0.2, 0) is 14.4 Å². The summed E-state index contributed by atoms with van der Waals surface area (Å²) in [5.74, 6) is -1.63. The Bertz CT molecular complexity index is 822. The second-order valence-electron chi connectivity index (χ2n) is 6.34. The first-order valence-corrected chi connectivity index (χ1v) is 10.3. The molecule has 0 unspecified atom stereocenters. The van der Waals surface area contributed by atoms with Gasteiger partial charge in [-0.1, -0.05) is 36.9 Å². The van der Waals surface area contributed by atoms with Gasteiger partial charge in [0.1, 0.15) is 5.70 Å². The Balaban J connectivity index is 1.70. The number of aliphatic carboxylic acids is 1. The van der Waals surface area contributed by atoms with E-state index < -0.39 is 5.97 Å². The fourth-order valence-electron chi connectivity index (χ4n) is 3.38. The molecule has 1 aromatic carbocycles. The van der Waals surface area contributed by atoms with Crippen LogP contribution in [-0.4, -0.2) is 39.1 Å². The zero-order chi connectivity index (χ0) is 19.6. The summed E-state index contributed by atoms with van der Waals surface area (Å²) in [7, 11) is 0. The first kappa shape index (κ1) is 19.6. The highest BCUT2D eigenvalue weighted by Crippen LogP contribution is 2.49. The molecule has 27 heavy (non-hydrogen) atoms. The molecule has 0 radical (unpaired) electrons. The Labute approximate surface area is 166 Å². The van der Waals surface area contributed by atoms with E-state index in [1.807, 2.05) is 37.3 Å². The molecule has 1 saturated heterocycles. The van der Waals surface area contributed by atoms with Gasteiger partial charge >= 0.3 is 5.97 Å². The molecule has 2 aliphatic heterocycles. The van der Waals surface area contributed by atoms with Crippen LogP contribution in [0.25, 0.3) is 0 Å². The molecule has 2 heterocycles. The number of carboxylic acid groups (broad SMARTS) is 1. The van der Waals surface area contributed by atoms with Crippen molar-refractivity contribution in [2.24, 2.45) is 5.92 Å². The molecule has 2 N–H and O–H groups in total. The van der Waals surface area contributed by atoms with E-state index in [9.17, 15) is 19.5 Å². The number of hydrogen-bond donors (Lipinski definition) is 2. The summed E-state index contributed by atoms with van der Waals surface area (Å²) in [5, 5.41) is 13.8. The van der Waals surface area contributed by atoms with Crippen molar-refractivity contribution in [3.05, 3.63) is 52.5 Å². The molecule has 3 atom stereocenters. The van der Waals surface area contributed by atoms with Gasteiger partial charge in [0.05, 0.1) is 12.0 Å². The first-order chi connectivity index (χ1) is 12.9. The van der Waals surface area contributed by atoms with E-state index in [0.29, 0.717) is 11.3 Å². The maximum atomic E-state index is 12.7. The molecule has 0 aliphatic carbocycles. The number of carboxylic acids is 1. The minimum absolute atomic E-state index is 0.0514. The van der Waals surface area contributed by atoms with Crippen molar-refractivity contribution in [3.8, 4) is 0 Å². The molecule has 2 aliphatic rings. The van der Waals surface area contributed by atoms with Crippen LogP contribution in [0.4, 0.5) is 0 Å².